The molecule has 2 rings (SSSR count). The lowest BCUT2D eigenvalue weighted by Gasteiger charge is -2.31. The number of likely N-dealkylation sites (N-methyl/N-ethyl adjacent to an activating group) is 1. The van der Waals surface area contributed by atoms with Crippen molar-refractivity contribution in [3.8, 4) is 0 Å². The zero-order valence-corrected chi connectivity index (χ0v) is 11.0. The number of hydrogen-bond donors (Lipinski definition) is 1. The van der Waals surface area contributed by atoms with Crippen molar-refractivity contribution in [2.24, 2.45) is 0 Å². The number of nitrogens with zero attached hydrogens (tertiary/aromatic N) is 3. The molecular formula is C13H24N4. The highest BCUT2D eigenvalue weighted by Crippen LogP contribution is 2.12. The zero-order chi connectivity index (χ0) is 12.1. The molecule has 96 valence electrons. The molecule has 0 spiro atoms. The van der Waals surface area contributed by atoms with Crippen LogP contribution in [0.1, 0.15) is 31.7 Å². The summed E-state index contributed by atoms with van der Waals surface area (Å²) in [5, 5.41) is 7.84. The van der Waals surface area contributed by atoms with Crippen molar-refractivity contribution in [1.29, 1.82) is 0 Å². The van der Waals surface area contributed by atoms with E-state index in [1.54, 1.807) is 0 Å². The van der Waals surface area contributed by atoms with E-state index in [2.05, 4.69) is 35.5 Å². The number of aryl methyl sites for hydroxylation is 1. The fourth-order valence-electron chi connectivity index (χ4n) is 2.47. The number of aromatic nitrogens is 2. The molecule has 1 aliphatic heterocycles. The zero-order valence-electron chi connectivity index (χ0n) is 11.0. The fraction of sp³-hybridized carbons (Fsp3) is 0.769. The maximum absolute atomic E-state index is 4.38. The first-order chi connectivity index (χ1) is 8.29. The van der Waals surface area contributed by atoms with Crippen LogP contribution >= 0.6 is 0 Å². The van der Waals surface area contributed by atoms with Gasteiger partial charge in [0.1, 0.15) is 0 Å². The highest BCUT2D eigenvalue weighted by atomic mass is 15.3. The highest BCUT2D eigenvalue weighted by molar-refractivity contribution is 5.04. The van der Waals surface area contributed by atoms with Crippen LogP contribution < -0.4 is 5.32 Å². The third kappa shape index (κ3) is 3.54. The molecule has 0 aliphatic carbocycles. The van der Waals surface area contributed by atoms with E-state index >= 15 is 0 Å². The van der Waals surface area contributed by atoms with E-state index in [-0.39, 0.29) is 0 Å². The van der Waals surface area contributed by atoms with Crippen LogP contribution in [0.25, 0.3) is 0 Å². The van der Waals surface area contributed by atoms with Gasteiger partial charge >= 0.3 is 0 Å². The van der Waals surface area contributed by atoms with Gasteiger partial charge in [0, 0.05) is 37.4 Å². The molecule has 1 fully saturated rings. The summed E-state index contributed by atoms with van der Waals surface area (Å²) < 4.78 is 2.04. The molecule has 0 bridgehead atoms. The lowest BCUT2D eigenvalue weighted by molar-refractivity contribution is 0.196. The molecule has 4 heteroatoms. The van der Waals surface area contributed by atoms with E-state index in [1.165, 1.54) is 24.9 Å². The summed E-state index contributed by atoms with van der Waals surface area (Å²) in [4.78, 5) is 2.44. The third-order valence-corrected chi connectivity index (χ3v) is 3.47. The van der Waals surface area contributed by atoms with Crippen molar-refractivity contribution >= 4 is 0 Å². The predicted molar refractivity (Wildman–Crippen MR) is 69.9 cm³/mol. The Morgan fingerprint density at radius 1 is 1.59 bits per heavy atom. The molecule has 0 amide bonds. The summed E-state index contributed by atoms with van der Waals surface area (Å²) in [7, 11) is 2.22. The molecule has 1 N–H and O–H groups in total. The summed E-state index contributed by atoms with van der Waals surface area (Å²) in [6.07, 6.45) is 7.93. The van der Waals surface area contributed by atoms with Crippen LogP contribution in [0.15, 0.2) is 12.4 Å². The van der Waals surface area contributed by atoms with Gasteiger partial charge < -0.3 is 5.32 Å². The molecule has 1 unspecified atom stereocenters. The minimum atomic E-state index is 0.679. The van der Waals surface area contributed by atoms with E-state index in [0.717, 1.165) is 26.1 Å². The molecule has 0 aromatic carbocycles. The average molecular weight is 236 g/mol. The van der Waals surface area contributed by atoms with Crippen molar-refractivity contribution in [2.75, 3.05) is 20.1 Å². The lowest BCUT2D eigenvalue weighted by atomic mass is 10.1. The fourth-order valence-corrected chi connectivity index (χ4v) is 2.47. The quantitative estimate of drug-likeness (QED) is 0.840. The average Bonchev–Trinajstić information content (AvgIpc) is 2.78. The Labute approximate surface area is 104 Å². The van der Waals surface area contributed by atoms with E-state index in [0.29, 0.717) is 6.04 Å². The normalized spacial score (nSPS) is 21.0. The monoisotopic (exact) mass is 236 g/mol. The number of hydrogen-bond acceptors (Lipinski definition) is 3. The molecule has 1 saturated heterocycles. The van der Waals surface area contributed by atoms with Gasteiger partial charge in [0.05, 0.1) is 6.20 Å². The Balaban J connectivity index is 1.85. The molecule has 1 aliphatic rings. The van der Waals surface area contributed by atoms with Gasteiger partial charge in [-0.05, 0) is 32.9 Å². The largest absolute Gasteiger partial charge is 0.315 e. The van der Waals surface area contributed by atoms with Crippen molar-refractivity contribution in [3.05, 3.63) is 18.0 Å². The summed E-state index contributed by atoms with van der Waals surface area (Å²) in [6.45, 7) is 6.52. The maximum atomic E-state index is 4.38. The highest BCUT2D eigenvalue weighted by Gasteiger charge is 2.17. The molecule has 0 saturated carbocycles. The summed E-state index contributed by atoms with van der Waals surface area (Å²) in [6, 6.07) is 0.679. The van der Waals surface area contributed by atoms with Gasteiger partial charge in [0.2, 0.25) is 0 Å². The first-order valence-corrected chi connectivity index (χ1v) is 6.72. The van der Waals surface area contributed by atoms with Crippen LogP contribution in [0.3, 0.4) is 0 Å². The maximum Gasteiger partial charge on any atom is 0.0534 e. The smallest absolute Gasteiger partial charge is 0.0534 e. The predicted octanol–water partition coefficient (Wildman–Crippen LogP) is 1.48. The molecule has 17 heavy (non-hydrogen) atoms. The summed E-state index contributed by atoms with van der Waals surface area (Å²) in [5.41, 5.74) is 1.33. The molecule has 1 aromatic rings. The Hall–Kier alpha value is -0.870. The topological polar surface area (TPSA) is 33.1 Å². The molecule has 1 aromatic heterocycles. The van der Waals surface area contributed by atoms with Gasteiger partial charge in [0.25, 0.3) is 0 Å². The van der Waals surface area contributed by atoms with Gasteiger partial charge in [-0.2, -0.15) is 5.10 Å². The third-order valence-electron chi connectivity index (χ3n) is 3.47. The van der Waals surface area contributed by atoms with Crippen LogP contribution in [-0.4, -0.2) is 40.9 Å². The van der Waals surface area contributed by atoms with Crippen LogP contribution in [0, 0.1) is 0 Å². The van der Waals surface area contributed by atoms with Gasteiger partial charge in [-0.3, -0.25) is 9.58 Å². The first kappa shape index (κ1) is 12.6. The van der Waals surface area contributed by atoms with Gasteiger partial charge in [-0.1, -0.05) is 6.92 Å². The molecular weight excluding hydrogens is 212 g/mol. The molecule has 0 radical (unpaired) electrons. The molecule has 1 atom stereocenters. The van der Waals surface area contributed by atoms with Crippen LogP contribution in [0.4, 0.5) is 0 Å². The Morgan fingerprint density at radius 3 is 3.18 bits per heavy atom. The standard InChI is InChI=1S/C13H24N4/c1-3-7-17-11-12(8-15-17)10-16(2)13-5-4-6-14-9-13/h8,11,13-14H,3-7,9-10H2,1-2H3. The van der Waals surface area contributed by atoms with Crippen molar-refractivity contribution < 1.29 is 0 Å². The second-order valence-corrected chi connectivity index (χ2v) is 5.03. The summed E-state index contributed by atoms with van der Waals surface area (Å²) in [5.74, 6) is 0. The van der Waals surface area contributed by atoms with Gasteiger partial charge in [-0.25, -0.2) is 0 Å². The summed E-state index contributed by atoms with van der Waals surface area (Å²) >= 11 is 0. The van der Waals surface area contributed by atoms with Crippen molar-refractivity contribution in [3.63, 3.8) is 0 Å². The van der Waals surface area contributed by atoms with E-state index in [9.17, 15) is 0 Å². The Kier molecular flexibility index (Phi) is 4.57. The molecule has 4 nitrogen and oxygen atoms in total. The van der Waals surface area contributed by atoms with Crippen LogP contribution in [0.5, 0.6) is 0 Å². The van der Waals surface area contributed by atoms with Crippen LogP contribution in [-0.2, 0) is 13.1 Å². The number of rotatable bonds is 5. The number of piperidine rings is 1. The Bertz CT molecular complexity index is 328. The van der Waals surface area contributed by atoms with Crippen LogP contribution in [0.2, 0.25) is 0 Å². The van der Waals surface area contributed by atoms with E-state index in [4.69, 9.17) is 0 Å². The SMILES string of the molecule is CCCn1cc(CN(C)C2CCCNC2)cn1. The van der Waals surface area contributed by atoms with E-state index in [1.807, 2.05) is 10.9 Å². The van der Waals surface area contributed by atoms with Crippen molar-refractivity contribution in [2.45, 2.75) is 45.3 Å². The minimum Gasteiger partial charge on any atom is -0.315 e. The lowest BCUT2D eigenvalue weighted by Crippen LogP contribution is -2.43. The second kappa shape index (κ2) is 6.17. The minimum absolute atomic E-state index is 0.679. The van der Waals surface area contributed by atoms with Crippen molar-refractivity contribution in [1.82, 2.24) is 20.0 Å². The second-order valence-electron chi connectivity index (χ2n) is 5.03. The first-order valence-electron chi connectivity index (χ1n) is 6.72. The number of nitrogens with one attached hydrogen (secondary N) is 1. The Morgan fingerprint density at radius 2 is 2.47 bits per heavy atom. The van der Waals surface area contributed by atoms with E-state index < -0.39 is 0 Å². The van der Waals surface area contributed by atoms with Gasteiger partial charge in [-0.15, -0.1) is 0 Å². The molecule has 2 heterocycles. The van der Waals surface area contributed by atoms with Gasteiger partial charge in [0.15, 0.2) is 0 Å².